The zero-order valence-corrected chi connectivity index (χ0v) is 21.7. The summed E-state index contributed by atoms with van der Waals surface area (Å²) in [4.78, 5) is 17.7. The maximum absolute atomic E-state index is 13.3. The zero-order valence-electron chi connectivity index (χ0n) is 21.7. The molecule has 0 unspecified atom stereocenters. The van der Waals surface area contributed by atoms with E-state index < -0.39 is 11.9 Å². The maximum atomic E-state index is 13.3. The van der Waals surface area contributed by atoms with Gasteiger partial charge >= 0.3 is 6.18 Å². The first-order chi connectivity index (χ1) is 19.3. The minimum absolute atomic E-state index is 0.0499. The summed E-state index contributed by atoms with van der Waals surface area (Å²) < 4.78 is 47.7. The third-order valence-electron chi connectivity index (χ3n) is 7.08. The number of nitrogens with zero attached hydrogens (tertiary/aromatic N) is 7. The van der Waals surface area contributed by atoms with Gasteiger partial charge in [0.2, 0.25) is 5.88 Å². The van der Waals surface area contributed by atoms with Gasteiger partial charge in [0.15, 0.2) is 0 Å². The van der Waals surface area contributed by atoms with Crippen molar-refractivity contribution in [1.82, 2.24) is 34.6 Å². The number of aliphatic hydroxyl groups is 1. The lowest BCUT2D eigenvalue weighted by atomic mass is 10.0. The first kappa shape index (κ1) is 27.5. The maximum Gasteiger partial charge on any atom is 0.433 e. The Morgan fingerprint density at radius 3 is 2.80 bits per heavy atom. The quantitative estimate of drug-likeness (QED) is 0.301. The SMILES string of the molecule is N#CCC[C@@H](Cn1cc(-c2ncnc3[nH]ccc23)cn1)N1CCC(Oc2cc(CCO)cc(C(F)(F)F)n2)CC1. The van der Waals surface area contributed by atoms with Crippen LogP contribution in [0.25, 0.3) is 22.3 Å². The average molecular weight is 555 g/mol. The van der Waals surface area contributed by atoms with E-state index >= 15 is 0 Å². The largest absolute Gasteiger partial charge is 0.474 e. The molecule has 1 aliphatic heterocycles. The number of aromatic amines is 1. The minimum atomic E-state index is -4.60. The average Bonchev–Trinajstić information content (AvgIpc) is 3.61. The summed E-state index contributed by atoms with van der Waals surface area (Å²) in [5.41, 5.74) is 1.70. The predicted octanol–water partition coefficient (Wildman–Crippen LogP) is 3.99. The number of rotatable bonds is 10. The number of fused-ring (bicyclic) bond motifs is 1. The molecule has 210 valence electrons. The van der Waals surface area contributed by atoms with E-state index in [0.29, 0.717) is 50.9 Å². The number of alkyl halides is 3. The molecule has 0 aromatic carbocycles. The highest BCUT2D eigenvalue weighted by Crippen LogP contribution is 2.31. The van der Waals surface area contributed by atoms with Gasteiger partial charge in [-0.1, -0.05) is 0 Å². The molecule has 40 heavy (non-hydrogen) atoms. The number of ether oxygens (including phenoxy) is 1. The van der Waals surface area contributed by atoms with E-state index in [0.717, 1.165) is 28.4 Å². The van der Waals surface area contributed by atoms with E-state index in [9.17, 15) is 23.5 Å². The lowest BCUT2D eigenvalue weighted by molar-refractivity contribution is -0.141. The van der Waals surface area contributed by atoms with Crippen molar-refractivity contribution >= 4 is 11.0 Å². The fraction of sp³-hybridized carbons (Fsp3) is 0.444. The molecule has 4 aromatic heterocycles. The molecule has 0 saturated carbocycles. The van der Waals surface area contributed by atoms with Crippen LogP contribution in [-0.2, 0) is 19.1 Å². The van der Waals surface area contributed by atoms with E-state index in [1.165, 1.54) is 12.4 Å². The first-order valence-corrected chi connectivity index (χ1v) is 13.1. The summed E-state index contributed by atoms with van der Waals surface area (Å²) in [6.45, 7) is 1.63. The van der Waals surface area contributed by atoms with E-state index in [1.54, 1.807) is 6.20 Å². The van der Waals surface area contributed by atoms with Crippen molar-refractivity contribution < 1.29 is 23.0 Å². The molecule has 4 aromatic rings. The van der Waals surface area contributed by atoms with Gasteiger partial charge < -0.3 is 14.8 Å². The van der Waals surface area contributed by atoms with Crippen molar-refractivity contribution in [2.24, 2.45) is 0 Å². The van der Waals surface area contributed by atoms with E-state index in [2.05, 4.69) is 36.0 Å². The second-order valence-corrected chi connectivity index (χ2v) is 9.79. The molecule has 0 spiro atoms. The molecule has 0 amide bonds. The molecule has 0 bridgehead atoms. The van der Waals surface area contributed by atoms with Gasteiger partial charge in [0.25, 0.3) is 0 Å². The Labute approximate surface area is 228 Å². The van der Waals surface area contributed by atoms with Crippen molar-refractivity contribution in [1.29, 1.82) is 5.26 Å². The Morgan fingerprint density at radius 1 is 1.23 bits per heavy atom. The van der Waals surface area contributed by atoms with Gasteiger partial charge in [-0.25, -0.2) is 15.0 Å². The van der Waals surface area contributed by atoms with Gasteiger partial charge in [-0.15, -0.1) is 0 Å². The van der Waals surface area contributed by atoms with Crippen LogP contribution < -0.4 is 4.74 Å². The number of nitriles is 1. The molecule has 13 heteroatoms. The standard InChI is InChI=1S/C27H29F3N8O2/c28-27(29,30)23-12-18(6-11-39)13-24(36-23)40-21-4-9-37(10-5-21)20(2-1-7-31)16-38-15-19(14-35-38)25-22-3-8-32-26(22)34-17-33-25/h3,8,12-15,17,20-21,39H,1-2,4-6,9-11,16H2,(H,32,33,34)/t20-/m0/s1. The highest BCUT2D eigenvalue weighted by molar-refractivity contribution is 5.89. The molecular weight excluding hydrogens is 525 g/mol. The van der Waals surface area contributed by atoms with Crippen LogP contribution in [0.15, 0.2) is 43.1 Å². The van der Waals surface area contributed by atoms with Crippen molar-refractivity contribution in [3.8, 4) is 23.2 Å². The van der Waals surface area contributed by atoms with Crippen LogP contribution >= 0.6 is 0 Å². The highest BCUT2D eigenvalue weighted by atomic mass is 19.4. The Bertz CT molecular complexity index is 1470. The first-order valence-electron chi connectivity index (χ1n) is 13.1. The predicted molar refractivity (Wildman–Crippen MR) is 139 cm³/mol. The molecule has 2 N–H and O–H groups in total. The van der Waals surface area contributed by atoms with Crippen LogP contribution in [0.1, 0.15) is 36.9 Å². The number of likely N-dealkylation sites (tertiary alicyclic amines) is 1. The third-order valence-corrected chi connectivity index (χ3v) is 7.08. The van der Waals surface area contributed by atoms with Gasteiger partial charge in [-0.2, -0.15) is 23.5 Å². The van der Waals surface area contributed by atoms with Crippen molar-refractivity contribution in [3.63, 3.8) is 0 Å². The second kappa shape index (κ2) is 12.0. The molecule has 10 nitrogen and oxygen atoms in total. The summed E-state index contributed by atoms with van der Waals surface area (Å²) >= 11 is 0. The normalized spacial score (nSPS) is 15.8. The van der Waals surface area contributed by atoms with Crippen molar-refractivity contribution in [3.05, 3.63) is 54.4 Å². The Hall–Kier alpha value is -4.02. The van der Waals surface area contributed by atoms with E-state index in [4.69, 9.17) is 4.74 Å². The zero-order chi connectivity index (χ0) is 28.1. The number of pyridine rings is 1. The molecule has 5 rings (SSSR count). The van der Waals surface area contributed by atoms with Gasteiger partial charge in [0.1, 0.15) is 23.8 Å². The number of nitrogens with one attached hydrogen (secondary N) is 1. The van der Waals surface area contributed by atoms with Crippen LogP contribution in [0.4, 0.5) is 13.2 Å². The number of H-pyrrole nitrogens is 1. The lowest BCUT2D eigenvalue weighted by Crippen LogP contribution is -2.46. The Morgan fingerprint density at radius 2 is 2.05 bits per heavy atom. The Kier molecular flexibility index (Phi) is 8.27. The fourth-order valence-electron chi connectivity index (χ4n) is 5.09. The molecule has 5 heterocycles. The summed E-state index contributed by atoms with van der Waals surface area (Å²) in [7, 11) is 0. The number of halogens is 3. The van der Waals surface area contributed by atoms with E-state index in [-0.39, 0.29) is 31.1 Å². The summed E-state index contributed by atoms with van der Waals surface area (Å²) in [6, 6.07) is 6.60. The molecule has 1 atom stereocenters. The molecule has 0 aliphatic carbocycles. The van der Waals surface area contributed by atoms with Gasteiger partial charge in [0, 0.05) is 61.6 Å². The van der Waals surface area contributed by atoms with Crippen LogP contribution in [0.5, 0.6) is 5.88 Å². The highest BCUT2D eigenvalue weighted by Gasteiger charge is 2.34. The number of hydrogen-bond acceptors (Lipinski definition) is 8. The topological polar surface area (TPSA) is 129 Å². The van der Waals surface area contributed by atoms with Gasteiger partial charge in [0.05, 0.1) is 24.5 Å². The van der Waals surface area contributed by atoms with Crippen molar-refractivity contribution in [2.75, 3.05) is 19.7 Å². The number of aliphatic hydroxyl groups excluding tert-OH is 1. The monoisotopic (exact) mass is 554 g/mol. The fourth-order valence-corrected chi connectivity index (χ4v) is 5.09. The minimum Gasteiger partial charge on any atom is -0.474 e. The summed E-state index contributed by atoms with van der Waals surface area (Å²) in [5, 5.41) is 23.9. The van der Waals surface area contributed by atoms with E-state index in [1.807, 2.05) is 23.1 Å². The van der Waals surface area contributed by atoms with Crippen molar-refractivity contribution in [2.45, 2.75) is 57.0 Å². The number of piperidine rings is 1. The summed E-state index contributed by atoms with van der Waals surface area (Å²) in [6.07, 6.45) is 4.49. The molecular formula is C27H29F3N8O2. The third kappa shape index (κ3) is 6.40. The lowest BCUT2D eigenvalue weighted by Gasteiger charge is -2.37. The van der Waals surface area contributed by atoms with Crippen LogP contribution in [-0.4, -0.2) is 71.6 Å². The van der Waals surface area contributed by atoms with Crippen LogP contribution in [0.2, 0.25) is 0 Å². The summed E-state index contributed by atoms with van der Waals surface area (Å²) in [5.74, 6) is -0.0805. The second-order valence-electron chi connectivity index (χ2n) is 9.79. The molecule has 1 saturated heterocycles. The molecule has 0 radical (unpaired) electrons. The smallest absolute Gasteiger partial charge is 0.433 e. The van der Waals surface area contributed by atoms with Crippen LogP contribution in [0, 0.1) is 11.3 Å². The molecule has 1 fully saturated rings. The number of aromatic nitrogens is 6. The number of hydrogen-bond donors (Lipinski definition) is 2. The van der Waals surface area contributed by atoms with Gasteiger partial charge in [-0.3, -0.25) is 9.58 Å². The van der Waals surface area contributed by atoms with Crippen LogP contribution in [0.3, 0.4) is 0 Å². The van der Waals surface area contributed by atoms with Gasteiger partial charge in [-0.05, 0) is 43.4 Å². The molecule has 1 aliphatic rings. The Balaban J connectivity index is 1.24.